The van der Waals surface area contributed by atoms with Gasteiger partial charge >= 0.3 is 0 Å². The van der Waals surface area contributed by atoms with Gasteiger partial charge in [0, 0.05) is 12.1 Å². The molecule has 0 bridgehead atoms. The first-order valence-corrected chi connectivity index (χ1v) is 7.65. The maximum Gasteiger partial charge on any atom is 0.123 e. The van der Waals surface area contributed by atoms with Gasteiger partial charge in [-0.1, -0.05) is 38.8 Å². The number of hydrogen-bond donors (Lipinski definition) is 1. The van der Waals surface area contributed by atoms with Crippen molar-refractivity contribution in [2.75, 3.05) is 0 Å². The molecule has 106 valence electrons. The van der Waals surface area contributed by atoms with Crippen LogP contribution >= 0.6 is 0 Å². The lowest BCUT2D eigenvalue weighted by molar-refractivity contribution is 0.232. The summed E-state index contributed by atoms with van der Waals surface area (Å²) in [5.41, 5.74) is 1.29. The summed E-state index contributed by atoms with van der Waals surface area (Å²) in [7, 11) is 0. The van der Waals surface area contributed by atoms with Gasteiger partial charge in [0.2, 0.25) is 0 Å². The van der Waals surface area contributed by atoms with Crippen LogP contribution in [0.5, 0.6) is 0 Å². The summed E-state index contributed by atoms with van der Waals surface area (Å²) >= 11 is 0. The summed E-state index contributed by atoms with van der Waals surface area (Å²) in [5.74, 6) is 1.26. The van der Waals surface area contributed by atoms with Crippen molar-refractivity contribution in [3.05, 3.63) is 35.6 Å². The van der Waals surface area contributed by atoms with Crippen molar-refractivity contribution >= 4 is 0 Å². The zero-order chi connectivity index (χ0) is 13.8. The van der Waals surface area contributed by atoms with Gasteiger partial charge in [0.1, 0.15) is 5.82 Å². The summed E-state index contributed by atoms with van der Waals surface area (Å²) in [6.07, 6.45) is 4.88. The predicted molar refractivity (Wildman–Crippen MR) is 78.8 cm³/mol. The van der Waals surface area contributed by atoms with Gasteiger partial charge < -0.3 is 5.32 Å². The molecule has 19 heavy (non-hydrogen) atoms. The molecule has 1 N–H and O–H groups in total. The molecule has 0 amide bonds. The zero-order valence-corrected chi connectivity index (χ0v) is 12.3. The molecule has 1 unspecified atom stereocenters. The monoisotopic (exact) mass is 263 g/mol. The average molecular weight is 263 g/mol. The van der Waals surface area contributed by atoms with E-state index in [0.717, 1.165) is 5.92 Å². The van der Waals surface area contributed by atoms with E-state index >= 15 is 0 Å². The van der Waals surface area contributed by atoms with Crippen molar-refractivity contribution in [2.45, 2.75) is 64.5 Å². The van der Waals surface area contributed by atoms with E-state index < -0.39 is 0 Å². The Hall–Kier alpha value is -0.890. The highest BCUT2D eigenvalue weighted by Gasteiger charge is 2.31. The standard InChI is InChI=1S/C17H26FN/c1-4-13(5-2)12(3)19-17-10-15(11-17)14-6-8-16(18)9-7-14/h6-9,12-13,15,17,19H,4-5,10-11H2,1-3H3. The van der Waals surface area contributed by atoms with Crippen LogP contribution in [0.25, 0.3) is 0 Å². The molecule has 1 aliphatic rings. The molecule has 2 heteroatoms. The van der Waals surface area contributed by atoms with Crippen LogP contribution in [0.1, 0.15) is 57.9 Å². The largest absolute Gasteiger partial charge is 0.311 e. The van der Waals surface area contributed by atoms with Gasteiger partial charge in [0.05, 0.1) is 0 Å². The number of hydrogen-bond acceptors (Lipinski definition) is 1. The van der Waals surface area contributed by atoms with Crippen LogP contribution in [0.2, 0.25) is 0 Å². The number of halogens is 1. The molecule has 1 aromatic carbocycles. The van der Waals surface area contributed by atoms with Crippen LogP contribution < -0.4 is 5.32 Å². The van der Waals surface area contributed by atoms with Crippen LogP contribution in [0.3, 0.4) is 0 Å². The number of nitrogens with one attached hydrogen (secondary N) is 1. The molecule has 1 saturated carbocycles. The third-order valence-electron chi connectivity index (χ3n) is 4.73. The smallest absolute Gasteiger partial charge is 0.123 e. The normalized spacial score (nSPS) is 24.3. The first-order valence-electron chi connectivity index (χ1n) is 7.65. The van der Waals surface area contributed by atoms with Crippen LogP contribution in [-0.2, 0) is 0 Å². The van der Waals surface area contributed by atoms with Gasteiger partial charge in [0.25, 0.3) is 0 Å². The molecule has 0 aromatic heterocycles. The molecule has 0 heterocycles. The van der Waals surface area contributed by atoms with Crippen molar-refractivity contribution in [1.82, 2.24) is 5.32 Å². The fourth-order valence-corrected chi connectivity index (χ4v) is 3.26. The highest BCUT2D eigenvalue weighted by atomic mass is 19.1. The Labute approximate surface area is 116 Å². The second-order valence-electron chi connectivity index (χ2n) is 5.95. The molecule has 0 radical (unpaired) electrons. The average Bonchev–Trinajstić information content (AvgIpc) is 2.36. The second kappa shape index (κ2) is 6.51. The molecule has 0 aliphatic heterocycles. The molecule has 2 rings (SSSR count). The van der Waals surface area contributed by atoms with Gasteiger partial charge in [-0.15, -0.1) is 0 Å². The fourth-order valence-electron chi connectivity index (χ4n) is 3.26. The minimum absolute atomic E-state index is 0.139. The second-order valence-corrected chi connectivity index (χ2v) is 5.95. The Morgan fingerprint density at radius 1 is 1.16 bits per heavy atom. The highest BCUT2D eigenvalue weighted by molar-refractivity contribution is 5.23. The number of rotatable bonds is 6. The van der Waals surface area contributed by atoms with Crippen LogP contribution in [-0.4, -0.2) is 12.1 Å². The molecule has 1 aliphatic carbocycles. The molecule has 0 saturated heterocycles. The van der Waals surface area contributed by atoms with Gasteiger partial charge in [0.15, 0.2) is 0 Å². The Bertz CT molecular complexity index is 377. The third-order valence-corrected chi connectivity index (χ3v) is 4.73. The minimum Gasteiger partial charge on any atom is -0.311 e. The van der Waals surface area contributed by atoms with Gasteiger partial charge in [-0.05, 0) is 49.3 Å². The lowest BCUT2D eigenvalue weighted by atomic mass is 9.75. The van der Waals surface area contributed by atoms with E-state index in [0.29, 0.717) is 18.0 Å². The summed E-state index contributed by atoms with van der Waals surface area (Å²) in [4.78, 5) is 0. The van der Waals surface area contributed by atoms with Crippen molar-refractivity contribution in [1.29, 1.82) is 0 Å². The van der Waals surface area contributed by atoms with Crippen molar-refractivity contribution in [3.8, 4) is 0 Å². The summed E-state index contributed by atoms with van der Waals surface area (Å²) in [6, 6.07) is 8.26. The molecule has 1 nitrogen and oxygen atoms in total. The SMILES string of the molecule is CCC(CC)C(C)NC1CC(c2ccc(F)cc2)C1. The molecule has 1 fully saturated rings. The molecular formula is C17H26FN. The van der Waals surface area contributed by atoms with Crippen molar-refractivity contribution in [2.24, 2.45) is 5.92 Å². The Morgan fingerprint density at radius 2 is 1.74 bits per heavy atom. The molecule has 1 aromatic rings. The van der Waals surface area contributed by atoms with E-state index in [1.54, 1.807) is 12.1 Å². The van der Waals surface area contributed by atoms with Gasteiger partial charge in [-0.2, -0.15) is 0 Å². The predicted octanol–water partition coefficient (Wildman–Crippen LogP) is 4.49. The summed E-state index contributed by atoms with van der Waals surface area (Å²) < 4.78 is 12.9. The van der Waals surface area contributed by atoms with Crippen LogP contribution in [0.15, 0.2) is 24.3 Å². The summed E-state index contributed by atoms with van der Waals surface area (Å²) in [6.45, 7) is 6.85. The third kappa shape index (κ3) is 3.56. The molecular weight excluding hydrogens is 237 g/mol. The van der Waals surface area contributed by atoms with E-state index in [9.17, 15) is 4.39 Å². The van der Waals surface area contributed by atoms with E-state index in [2.05, 4.69) is 26.1 Å². The molecule has 0 spiro atoms. The first-order chi connectivity index (χ1) is 9.13. The highest BCUT2D eigenvalue weighted by Crippen LogP contribution is 2.37. The van der Waals surface area contributed by atoms with Crippen LogP contribution in [0, 0.1) is 11.7 Å². The Morgan fingerprint density at radius 3 is 2.26 bits per heavy atom. The zero-order valence-electron chi connectivity index (χ0n) is 12.3. The lowest BCUT2D eigenvalue weighted by Gasteiger charge is -2.39. The lowest BCUT2D eigenvalue weighted by Crippen LogP contribution is -2.47. The fraction of sp³-hybridized carbons (Fsp3) is 0.647. The van der Waals surface area contributed by atoms with Gasteiger partial charge in [-0.3, -0.25) is 0 Å². The Kier molecular flexibility index (Phi) is 4.98. The van der Waals surface area contributed by atoms with Crippen molar-refractivity contribution < 1.29 is 4.39 Å². The van der Waals surface area contributed by atoms with E-state index in [1.807, 2.05) is 12.1 Å². The van der Waals surface area contributed by atoms with Crippen LogP contribution in [0.4, 0.5) is 4.39 Å². The summed E-state index contributed by atoms with van der Waals surface area (Å²) in [5, 5.41) is 3.76. The first kappa shape index (κ1) is 14.5. The maximum absolute atomic E-state index is 12.9. The van der Waals surface area contributed by atoms with Gasteiger partial charge in [-0.25, -0.2) is 4.39 Å². The topological polar surface area (TPSA) is 12.0 Å². The van der Waals surface area contributed by atoms with E-state index in [4.69, 9.17) is 0 Å². The number of benzene rings is 1. The minimum atomic E-state index is -0.139. The Balaban J connectivity index is 1.78. The quantitative estimate of drug-likeness (QED) is 0.797. The van der Waals surface area contributed by atoms with E-state index in [-0.39, 0.29) is 5.82 Å². The maximum atomic E-state index is 12.9. The van der Waals surface area contributed by atoms with Crippen molar-refractivity contribution in [3.63, 3.8) is 0 Å². The van der Waals surface area contributed by atoms with E-state index in [1.165, 1.54) is 31.2 Å². The molecule has 1 atom stereocenters.